The van der Waals surface area contributed by atoms with Gasteiger partial charge in [-0.3, -0.25) is 9.63 Å². The molecule has 0 aliphatic rings. The zero-order valence-corrected chi connectivity index (χ0v) is 16.7. The van der Waals surface area contributed by atoms with Crippen LogP contribution in [-0.4, -0.2) is 24.2 Å². The smallest absolute Gasteiger partial charge is 0.277 e. The van der Waals surface area contributed by atoms with Crippen molar-refractivity contribution in [1.29, 1.82) is 0 Å². The molecule has 0 bridgehead atoms. The molecular formula is C18H18F3IN2O3. The molecule has 0 unspecified atom stereocenters. The second-order valence-electron chi connectivity index (χ2n) is 6.60. The van der Waals surface area contributed by atoms with Crippen molar-refractivity contribution in [1.82, 2.24) is 5.48 Å². The van der Waals surface area contributed by atoms with E-state index in [1.165, 1.54) is 12.1 Å². The maximum absolute atomic E-state index is 14.0. The molecule has 0 fully saturated rings. The first-order chi connectivity index (χ1) is 12.6. The molecular weight excluding hydrogens is 476 g/mol. The van der Waals surface area contributed by atoms with Crippen LogP contribution >= 0.6 is 22.6 Å². The van der Waals surface area contributed by atoms with E-state index in [1.807, 2.05) is 22.6 Å². The molecule has 2 rings (SSSR count). The second-order valence-corrected chi connectivity index (χ2v) is 7.85. The number of nitrogens with one attached hydrogen (secondary N) is 2. The highest BCUT2D eigenvalue weighted by molar-refractivity contribution is 14.1. The van der Waals surface area contributed by atoms with E-state index in [2.05, 4.69) is 10.8 Å². The molecule has 146 valence electrons. The van der Waals surface area contributed by atoms with Gasteiger partial charge in [0, 0.05) is 15.1 Å². The van der Waals surface area contributed by atoms with Gasteiger partial charge in [-0.1, -0.05) is 13.8 Å². The molecule has 3 N–H and O–H groups in total. The van der Waals surface area contributed by atoms with Gasteiger partial charge in [0.1, 0.15) is 5.82 Å². The maximum Gasteiger partial charge on any atom is 0.277 e. The summed E-state index contributed by atoms with van der Waals surface area (Å²) < 4.78 is 42.0. The number of hydrogen-bond acceptors (Lipinski definition) is 4. The highest BCUT2D eigenvalue weighted by Gasteiger charge is 2.20. The SMILES string of the molecule is CC(C)(CO)CONC(=O)c1cc(F)c(F)cc1Nc1ccc(I)cc1F. The Hall–Kier alpha value is -1.85. The minimum absolute atomic E-state index is 0.00203. The molecule has 0 saturated carbocycles. The first-order valence-corrected chi connectivity index (χ1v) is 8.95. The van der Waals surface area contributed by atoms with Crippen molar-refractivity contribution in [2.45, 2.75) is 13.8 Å². The van der Waals surface area contributed by atoms with E-state index in [4.69, 9.17) is 9.94 Å². The van der Waals surface area contributed by atoms with Crippen molar-refractivity contribution >= 4 is 39.9 Å². The van der Waals surface area contributed by atoms with Crippen molar-refractivity contribution in [2.75, 3.05) is 18.5 Å². The summed E-state index contributed by atoms with van der Waals surface area (Å²) in [5.74, 6) is -3.89. The van der Waals surface area contributed by atoms with E-state index in [1.54, 1.807) is 19.9 Å². The number of hydroxylamine groups is 1. The Bertz CT molecular complexity index is 847. The molecule has 27 heavy (non-hydrogen) atoms. The molecule has 5 nitrogen and oxygen atoms in total. The van der Waals surface area contributed by atoms with Gasteiger partial charge in [0.15, 0.2) is 11.6 Å². The van der Waals surface area contributed by atoms with Crippen molar-refractivity contribution in [3.05, 3.63) is 56.9 Å². The number of rotatable bonds is 7. The molecule has 0 aromatic heterocycles. The fraction of sp³-hybridized carbons (Fsp3) is 0.278. The lowest BCUT2D eigenvalue weighted by molar-refractivity contribution is -0.0197. The van der Waals surface area contributed by atoms with Gasteiger partial charge in [0.25, 0.3) is 5.91 Å². The standard InChI is InChI=1S/C18H18F3IN2O3/c1-18(2,8-25)9-27-24-17(26)11-6-12(19)13(20)7-16(11)23-15-4-3-10(22)5-14(15)21/h3-7,23,25H,8-9H2,1-2H3,(H,24,26). The zero-order chi connectivity index (χ0) is 20.2. The fourth-order valence-corrected chi connectivity index (χ4v) is 2.42. The molecule has 0 aliphatic heterocycles. The lowest BCUT2D eigenvalue weighted by Crippen LogP contribution is -2.32. The van der Waals surface area contributed by atoms with Crippen LogP contribution in [0.25, 0.3) is 0 Å². The topological polar surface area (TPSA) is 70.6 Å². The number of carbonyl (C=O) groups excluding carboxylic acids is 1. The summed E-state index contributed by atoms with van der Waals surface area (Å²) in [6.07, 6.45) is 0. The highest BCUT2D eigenvalue weighted by atomic mass is 127. The molecule has 0 spiro atoms. The van der Waals surface area contributed by atoms with Crippen LogP contribution < -0.4 is 10.8 Å². The van der Waals surface area contributed by atoms with Crippen molar-refractivity contribution in [2.24, 2.45) is 5.41 Å². The van der Waals surface area contributed by atoms with Gasteiger partial charge in [-0.15, -0.1) is 0 Å². The number of hydrogen-bond donors (Lipinski definition) is 3. The average molecular weight is 494 g/mol. The van der Waals surface area contributed by atoms with E-state index in [9.17, 15) is 18.0 Å². The number of aliphatic hydroxyl groups is 1. The van der Waals surface area contributed by atoms with Crippen LogP contribution in [0.2, 0.25) is 0 Å². The first-order valence-electron chi connectivity index (χ1n) is 7.87. The van der Waals surface area contributed by atoms with Crippen LogP contribution in [0.3, 0.4) is 0 Å². The summed E-state index contributed by atoms with van der Waals surface area (Å²) in [6.45, 7) is 3.24. The van der Waals surface area contributed by atoms with Crippen molar-refractivity contribution < 1.29 is 27.9 Å². The van der Waals surface area contributed by atoms with E-state index in [0.29, 0.717) is 9.64 Å². The Morgan fingerprint density at radius 3 is 2.41 bits per heavy atom. The van der Waals surface area contributed by atoms with Gasteiger partial charge in [-0.25, -0.2) is 18.7 Å². The van der Waals surface area contributed by atoms with Gasteiger partial charge in [-0.05, 0) is 46.9 Å². The van der Waals surface area contributed by atoms with Crippen LogP contribution in [0.4, 0.5) is 24.5 Å². The number of carbonyl (C=O) groups is 1. The van der Waals surface area contributed by atoms with Crippen molar-refractivity contribution in [3.63, 3.8) is 0 Å². The molecule has 0 atom stereocenters. The molecule has 2 aromatic rings. The predicted octanol–water partition coefficient (Wildman–Crippen LogP) is 4.13. The van der Waals surface area contributed by atoms with E-state index >= 15 is 0 Å². The molecule has 2 aromatic carbocycles. The quantitative estimate of drug-likeness (QED) is 0.400. The minimum atomic E-state index is -1.23. The maximum atomic E-state index is 14.0. The van der Waals surface area contributed by atoms with E-state index in [0.717, 1.165) is 6.07 Å². The Kier molecular flexibility index (Phi) is 7.06. The highest BCUT2D eigenvalue weighted by Crippen LogP contribution is 2.26. The number of aliphatic hydroxyl groups excluding tert-OH is 1. The number of benzene rings is 2. The number of anilines is 2. The third-order valence-electron chi connectivity index (χ3n) is 3.56. The molecule has 0 saturated heterocycles. The Morgan fingerprint density at radius 2 is 1.78 bits per heavy atom. The van der Waals surface area contributed by atoms with Crippen molar-refractivity contribution in [3.8, 4) is 0 Å². The first kappa shape index (κ1) is 21.5. The molecule has 0 heterocycles. The summed E-state index contributed by atoms with van der Waals surface area (Å²) in [7, 11) is 0. The predicted molar refractivity (Wildman–Crippen MR) is 103 cm³/mol. The van der Waals surface area contributed by atoms with Gasteiger partial charge in [0.2, 0.25) is 0 Å². The van der Waals surface area contributed by atoms with Gasteiger partial charge >= 0.3 is 0 Å². The summed E-state index contributed by atoms with van der Waals surface area (Å²) in [6, 6.07) is 5.74. The molecule has 9 heteroatoms. The van der Waals surface area contributed by atoms with E-state index in [-0.39, 0.29) is 30.2 Å². The summed E-state index contributed by atoms with van der Waals surface area (Å²) >= 11 is 1.93. The minimum Gasteiger partial charge on any atom is -0.396 e. The lowest BCUT2D eigenvalue weighted by atomic mass is 9.97. The van der Waals surface area contributed by atoms with Gasteiger partial charge < -0.3 is 10.4 Å². The molecule has 0 aliphatic carbocycles. The largest absolute Gasteiger partial charge is 0.396 e. The van der Waals surface area contributed by atoms with Gasteiger partial charge in [-0.2, -0.15) is 0 Å². The summed E-state index contributed by atoms with van der Waals surface area (Å²) in [4.78, 5) is 17.4. The molecule has 0 radical (unpaired) electrons. The second kappa shape index (κ2) is 8.89. The Labute approximate surface area is 168 Å². The Balaban J connectivity index is 2.25. The fourth-order valence-electron chi connectivity index (χ4n) is 1.97. The lowest BCUT2D eigenvalue weighted by Gasteiger charge is -2.21. The number of amides is 1. The van der Waals surface area contributed by atoms with Gasteiger partial charge in [0.05, 0.1) is 30.2 Å². The molecule has 1 amide bonds. The van der Waals surface area contributed by atoms with E-state index < -0.39 is 28.8 Å². The van der Waals surface area contributed by atoms with Crippen LogP contribution in [-0.2, 0) is 4.84 Å². The summed E-state index contributed by atoms with van der Waals surface area (Å²) in [5, 5.41) is 11.8. The zero-order valence-electron chi connectivity index (χ0n) is 14.6. The summed E-state index contributed by atoms with van der Waals surface area (Å²) in [5.41, 5.74) is 1.11. The van der Waals surface area contributed by atoms with Crippen LogP contribution in [0.1, 0.15) is 24.2 Å². The van der Waals surface area contributed by atoms with Crippen LogP contribution in [0.5, 0.6) is 0 Å². The normalized spacial score (nSPS) is 11.4. The Morgan fingerprint density at radius 1 is 1.11 bits per heavy atom. The third kappa shape index (κ3) is 5.81. The monoisotopic (exact) mass is 494 g/mol. The third-order valence-corrected chi connectivity index (χ3v) is 4.23. The van der Waals surface area contributed by atoms with Crippen LogP contribution in [0.15, 0.2) is 30.3 Å². The number of halogens is 4. The van der Waals surface area contributed by atoms with Crippen LogP contribution in [0, 0.1) is 26.4 Å². The average Bonchev–Trinajstić information content (AvgIpc) is 2.60.